The molecule has 0 amide bonds. The lowest BCUT2D eigenvalue weighted by atomic mass is 9.25. The molecule has 370 valence electrons. The molecule has 6 heterocycles. The molecule has 16 unspecified atom stereocenters. The van der Waals surface area contributed by atoms with Gasteiger partial charge in [-0.1, -0.05) is 165 Å². The summed E-state index contributed by atoms with van der Waals surface area (Å²) >= 11 is 0. The van der Waals surface area contributed by atoms with Gasteiger partial charge in [0.1, 0.15) is 23.5 Å². The van der Waals surface area contributed by atoms with Gasteiger partial charge in [-0.2, -0.15) is 0 Å². The van der Waals surface area contributed by atoms with Crippen LogP contribution in [0, 0.1) is 94.2 Å². The second-order valence-corrected chi connectivity index (χ2v) is 32.4. The Morgan fingerprint density at radius 1 is 0.582 bits per heavy atom. The molecular weight excluding hydrogens is 814 g/mol. The van der Waals surface area contributed by atoms with Gasteiger partial charge in [-0.25, -0.2) is 0 Å². The lowest BCUT2D eigenvalue weighted by Crippen LogP contribution is -2.64. The first-order valence-electron chi connectivity index (χ1n) is 28.5. The Morgan fingerprint density at radius 3 is 1.76 bits per heavy atom. The Bertz CT molecular complexity index is 2200. The molecule has 4 nitrogen and oxygen atoms in total. The molecule has 6 aliphatic heterocycles. The second kappa shape index (κ2) is 14.8. The number of aryl methyl sites for hydroxylation is 2. The molecule has 4 aliphatic carbocycles. The second-order valence-electron chi connectivity index (χ2n) is 32.4. The van der Waals surface area contributed by atoms with Gasteiger partial charge in [-0.15, -0.1) is 0 Å². The number of ether oxygens (including phenoxy) is 1. The molecule has 0 N–H and O–H groups in total. The minimum atomic E-state index is 0.120. The lowest BCUT2D eigenvalue weighted by Gasteiger charge is -2.58. The maximum Gasteiger partial charge on any atom is 0.215 e. The molecule has 1 aromatic rings. The van der Waals surface area contributed by atoms with Crippen LogP contribution in [0.3, 0.4) is 0 Å². The van der Waals surface area contributed by atoms with Crippen molar-refractivity contribution in [2.45, 2.75) is 250 Å². The maximum absolute atomic E-state index is 8.13. The molecule has 1 aromatic carbocycles. The zero-order chi connectivity index (χ0) is 48.4. The Kier molecular flexibility index (Phi) is 10.4. The average molecular weight is 912 g/mol. The fourth-order valence-electron chi connectivity index (χ4n) is 18.9. The highest BCUT2D eigenvalue weighted by molar-refractivity contribution is 6.82. The summed E-state index contributed by atoms with van der Waals surface area (Å²) in [4.78, 5) is 9.83. The number of nitrogens with zero attached hydrogens (tertiary/aromatic N) is 3. The number of fused-ring (bicyclic) bond motifs is 6. The van der Waals surface area contributed by atoms with Gasteiger partial charge in [-0.05, 0) is 163 Å². The topological polar surface area (TPSA) is 19.0 Å². The van der Waals surface area contributed by atoms with E-state index in [1.165, 1.54) is 75.5 Å². The summed E-state index contributed by atoms with van der Waals surface area (Å²) in [5, 5.41) is 0. The highest BCUT2D eigenvalue weighted by Crippen LogP contribution is 2.71. The average Bonchev–Trinajstić information content (AvgIpc) is 3.78. The van der Waals surface area contributed by atoms with Crippen LogP contribution in [0.15, 0.2) is 35.0 Å². The zero-order valence-corrected chi connectivity index (χ0v) is 46.8. The molecule has 11 rings (SSSR count). The van der Waals surface area contributed by atoms with E-state index in [1.54, 1.807) is 28.2 Å². The van der Waals surface area contributed by atoms with Gasteiger partial charge in [0, 0.05) is 18.0 Å². The molecule has 6 fully saturated rings. The molecule has 0 radical (unpaired) electrons. The largest absolute Gasteiger partial charge is 0.488 e. The molecular formula is C62H98BN3O. The van der Waals surface area contributed by atoms with Crippen LogP contribution in [0.25, 0.3) is 0 Å². The van der Waals surface area contributed by atoms with Gasteiger partial charge < -0.3 is 19.4 Å². The summed E-state index contributed by atoms with van der Waals surface area (Å²) in [6.45, 7) is 51.4. The van der Waals surface area contributed by atoms with Crippen molar-refractivity contribution in [3.8, 4) is 0 Å². The van der Waals surface area contributed by atoms with Crippen molar-refractivity contribution in [3.05, 3.63) is 51.7 Å². The van der Waals surface area contributed by atoms with Crippen molar-refractivity contribution in [2.75, 3.05) is 0 Å². The molecule has 4 saturated carbocycles. The summed E-state index contributed by atoms with van der Waals surface area (Å²) < 4.78 is 8.13. The number of benzene rings is 1. The van der Waals surface area contributed by atoms with Crippen LogP contribution >= 0.6 is 0 Å². The van der Waals surface area contributed by atoms with Crippen LogP contribution in [-0.2, 0) is 10.2 Å². The maximum atomic E-state index is 8.13. The van der Waals surface area contributed by atoms with Crippen molar-refractivity contribution in [1.29, 1.82) is 0 Å². The normalized spacial score (nSPS) is 40.1. The van der Waals surface area contributed by atoms with Gasteiger partial charge in [-0.3, -0.25) is 0 Å². The van der Waals surface area contributed by atoms with E-state index in [4.69, 9.17) is 4.74 Å². The third-order valence-corrected chi connectivity index (χ3v) is 21.6. The van der Waals surface area contributed by atoms with Gasteiger partial charge in [0.25, 0.3) is 0 Å². The minimum Gasteiger partial charge on any atom is -0.488 e. The first-order chi connectivity index (χ1) is 30.8. The summed E-state index contributed by atoms with van der Waals surface area (Å²) in [7, 11) is 0. The van der Waals surface area contributed by atoms with Crippen LogP contribution < -0.4 is 5.46 Å². The van der Waals surface area contributed by atoms with Crippen molar-refractivity contribution >= 4 is 12.2 Å². The van der Waals surface area contributed by atoms with Crippen LogP contribution in [0.4, 0.5) is 0 Å². The quantitative estimate of drug-likeness (QED) is 0.281. The first-order valence-corrected chi connectivity index (χ1v) is 28.5. The predicted molar refractivity (Wildman–Crippen MR) is 282 cm³/mol. The van der Waals surface area contributed by atoms with E-state index >= 15 is 0 Å². The Morgan fingerprint density at radius 2 is 1.18 bits per heavy atom. The van der Waals surface area contributed by atoms with Gasteiger partial charge in [0.05, 0.1) is 18.1 Å². The van der Waals surface area contributed by atoms with Crippen LogP contribution in [0.5, 0.6) is 0 Å². The highest BCUT2D eigenvalue weighted by Gasteiger charge is 2.74. The fraction of sp³-hybridized carbons (Fsp3) is 0.839. The van der Waals surface area contributed by atoms with Gasteiger partial charge in [0.15, 0.2) is 0 Å². The fourth-order valence-corrected chi connectivity index (χ4v) is 18.9. The first kappa shape index (κ1) is 47.3. The smallest absolute Gasteiger partial charge is 0.215 e. The SMILES string of the molecule is Cc1cc(C(C)(C)C)cc(C)c1B1C2=C3N4C5=C(OC6CC(C(C)(C)C)CC1C64)C1CC(C(C)(C)C)CCC1N5C1CC(CC(C)(C)C)C(CC(C)(C)C)C4C5CC(C(C)(C)C)CC2C5N3C41. The number of rotatable bonds is 3. The van der Waals surface area contributed by atoms with E-state index in [1.807, 2.05) is 5.47 Å². The summed E-state index contributed by atoms with van der Waals surface area (Å²) in [6, 6.07) is 7.92. The van der Waals surface area contributed by atoms with Crippen LogP contribution in [0.1, 0.15) is 206 Å². The van der Waals surface area contributed by atoms with E-state index in [0.29, 0.717) is 76.7 Å². The summed E-state index contributed by atoms with van der Waals surface area (Å²) in [5.41, 5.74) is 9.75. The summed E-state index contributed by atoms with van der Waals surface area (Å²) in [5.74, 6) is 11.5. The van der Waals surface area contributed by atoms with Crippen LogP contribution in [-0.4, -0.2) is 57.7 Å². The molecule has 0 spiro atoms. The van der Waals surface area contributed by atoms with Gasteiger partial charge in [0.2, 0.25) is 6.71 Å². The van der Waals surface area contributed by atoms with Crippen LogP contribution in [0.2, 0.25) is 5.82 Å². The van der Waals surface area contributed by atoms with E-state index in [0.717, 1.165) is 35.5 Å². The molecule has 0 aromatic heterocycles. The molecule has 16 atom stereocenters. The van der Waals surface area contributed by atoms with Crippen molar-refractivity contribution < 1.29 is 4.74 Å². The third kappa shape index (κ3) is 7.18. The monoisotopic (exact) mass is 912 g/mol. The Hall–Kier alpha value is -2.04. The van der Waals surface area contributed by atoms with Crippen molar-refractivity contribution in [2.24, 2.45) is 80.3 Å². The van der Waals surface area contributed by atoms with E-state index in [9.17, 15) is 0 Å². The van der Waals surface area contributed by atoms with E-state index in [2.05, 4.69) is 165 Å². The summed E-state index contributed by atoms with van der Waals surface area (Å²) in [6.07, 6.45) is 13.5. The van der Waals surface area contributed by atoms with Crippen molar-refractivity contribution in [3.63, 3.8) is 0 Å². The van der Waals surface area contributed by atoms with Crippen molar-refractivity contribution in [1.82, 2.24) is 14.7 Å². The molecule has 2 saturated heterocycles. The Balaban J connectivity index is 1.22. The number of hydrogen-bond donors (Lipinski definition) is 0. The lowest BCUT2D eigenvalue weighted by molar-refractivity contribution is -0.0606. The molecule has 10 aliphatic rings. The minimum absolute atomic E-state index is 0.120. The highest BCUT2D eigenvalue weighted by atomic mass is 16.5. The molecule has 0 bridgehead atoms. The van der Waals surface area contributed by atoms with E-state index < -0.39 is 0 Å². The molecule has 5 heteroatoms. The number of hydrogen-bond acceptors (Lipinski definition) is 4. The third-order valence-electron chi connectivity index (χ3n) is 21.6. The van der Waals surface area contributed by atoms with E-state index in [-0.39, 0.29) is 22.3 Å². The Labute approximate surface area is 412 Å². The molecule has 67 heavy (non-hydrogen) atoms. The predicted octanol–water partition coefficient (Wildman–Crippen LogP) is 14.5. The zero-order valence-electron chi connectivity index (χ0n) is 46.8. The van der Waals surface area contributed by atoms with Gasteiger partial charge >= 0.3 is 0 Å². The standard InChI is InChI=1S/C62H98BN3O/c1-33-23-37(60(12,13)14)24-34(2)49(33)63-44-29-39(62(18,19)20)30-47-52(44)66-55-50(63)42-28-38(61(15,16)17)27-41-48-43(32-58(6,7)8)35(31-57(3,4)5)25-46(53(48)65(55)51(41)42)64-45-22-21-36(59(9,10)11)26-40(45)54(67-47)56(64)66/h23-24,35-36,38-48,51-53H,21-22,25-32H2,1-20H3.